The van der Waals surface area contributed by atoms with Gasteiger partial charge in [0.1, 0.15) is 0 Å². The molecule has 1 fully saturated rings. The zero-order valence-electron chi connectivity index (χ0n) is 16.2. The minimum absolute atomic E-state index is 0. The van der Waals surface area contributed by atoms with Gasteiger partial charge in [0.05, 0.1) is 0 Å². The number of allylic oxidation sites excluding steroid dienone is 4. The molecule has 1 aromatic rings. The number of rotatable bonds is 3. The van der Waals surface area contributed by atoms with E-state index in [-0.39, 0.29) is 37.2 Å². The van der Waals surface area contributed by atoms with Crippen LogP contribution in [0.2, 0.25) is 12.1 Å². The summed E-state index contributed by atoms with van der Waals surface area (Å²) >= 11 is 2.36. The van der Waals surface area contributed by atoms with Gasteiger partial charge in [-0.25, -0.2) is 0 Å². The van der Waals surface area contributed by atoms with Gasteiger partial charge in [-0.1, -0.05) is 0 Å². The summed E-state index contributed by atoms with van der Waals surface area (Å²) in [5.41, 5.74) is 4.11. The van der Waals surface area contributed by atoms with Crippen molar-refractivity contribution in [3.8, 4) is 0 Å². The van der Waals surface area contributed by atoms with E-state index in [9.17, 15) is 0 Å². The van der Waals surface area contributed by atoms with E-state index in [1.165, 1.54) is 32.1 Å². The first kappa shape index (κ1) is 26.5. The summed E-state index contributed by atoms with van der Waals surface area (Å²) in [5.74, 6) is 0.647. The predicted octanol–water partition coefficient (Wildman–Crippen LogP) is -3.36. The average Bonchev–Trinajstić information content (AvgIpc) is 2.79. The summed E-state index contributed by atoms with van der Waals surface area (Å²) in [5, 5.41) is 3.50. The van der Waals surface area contributed by atoms with Crippen LogP contribution in [-0.4, -0.2) is 8.07 Å². The summed E-state index contributed by atoms with van der Waals surface area (Å²) in [4.78, 5) is 0. The molecule has 2 aliphatic rings. The second kappa shape index (κ2) is 10.9. The Morgan fingerprint density at radius 3 is 1.88 bits per heavy atom. The van der Waals surface area contributed by atoms with Gasteiger partial charge in [-0.2, -0.15) is 0 Å². The molecule has 0 N–H and O–H groups in total. The van der Waals surface area contributed by atoms with Crippen LogP contribution in [0, 0.1) is 5.92 Å². The first-order valence-electron chi connectivity index (χ1n) is 9.17. The van der Waals surface area contributed by atoms with Gasteiger partial charge in [0.2, 0.25) is 0 Å². The Kier molecular flexibility index (Phi) is 11.1. The SMILES string of the molecule is CC1=[C]([Ti+3])C(C)C([Si](C)(c2ccccc2)C2CCCCC2)=C1C.[Cl-].[Cl-].[Cl-]. The number of hydrogen-bond acceptors (Lipinski definition) is 0. The average molecular weight is 464 g/mol. The molecule has 26 heavy (non-hydrogen) atoms. The third-order valence-electron chi connectivity index (χ3n) is 6.59. The molecule has 0 aromatic heterocycles. The van der Waals surface area contributed by atoms with Crippen LogP contribution in [0.1, 0.15) is 52.9 Å². The molecular weight excluding hydrogens is 435 g/mol. The van der Waals surface area contributed by atoms with Crippen LogP contribution in [-0.2, 0) is 20.4 Å². The molecule has 0 nitrogen and oxygen atoms in total. The summed E-state index contributed by atoms with van der Waals surface area (Å²) in [6.45, 7) is 9.88. The molecule has 2 atom stereocenters. The van der Waals surface area contributed by atoms with Crippen molar-refractivity contribution in [2.75, 3.05) is 0 Å². The molecule has 0 radical (unpaired) electrons. The van der Waals surface area contributed by atoms with Gasteiger partial charge in [-0.05, 0) is 0 Å². The summed E-state index contributed by atoms with van der Waals surface area (Å²) in [7, 11) is -1.66. The third kappa shape index (κ3) is 4.56. The second-order valence-corrected chi connectivity index (χ2v) is 12.9. The molecule has 0 aliphatic heterocycles. The van der Waals surface area contributed by atoms with E-state index >= 15 is 0 Å². The maximum absolute atomic E-state index is 2.68. The molecule has 0 bridgehead atoms. The fourth-order valence-electron chi connectivity index (χ4n) is 5.11. The van der Waals surface area contributed by atoms with Crippen molar-refractivity contribution in [2.24, 2.45) is 5.92 Å². The van der Waals surface area contributed by atoms with E-state index in [1.807, 2.05) is 5.20 Å². The van der Waals surface area contributed by atoms with Crippen molar-refractivity contribution >= 4 is 13.3 Å². The van der Waals surface area contributed by atoms with Crippen molar-refractivity contribution < 1.29 is 57.7 Å². The molecular formula is C21H29Cl3SiTi. The number of benzene rings is 1. The molecule has 0 saturated heterocycles. The fraction of sp³-hybridized carbons (Fsp3) is 0.524. The van der Waals surface area contributed by atoms with Gasteiger partial charge in [-0.3, -0.25) is 0 Å². The number of hydrogen-bond donors (Lipinski definition) is 0. The van der Waals surface area contributed by atoms with E-state index in [4.69, 9.17) is 0 Å². The van der Waals surface area contributed by atoms with Crippen LogP contribution < -0.4 is 42.4 Å². The fourth-order valence-corrected chi connectivity index (χ4v) is 11.5. The van der Waals surface area contributed by atoms with E-state index in [1.54, 1.807) is 20.2 Å². The molecule has 5 heteroatoms. The van der Waals surface area contributed by atoms with Gasteiger partial charge in [0, 0.05) is 0 Å². The van der Waals surface area contributed by atoms with Crippen LogP contribution in [0.25, 0.3) is 0 Å². The zero-order chi connectivity index (χ0) is 16.6. The first-order chi connectivity index (χ1) is 11.0. The van der Waals surface area contributed by atoms with Crippen LogP contribution in [0.15, 0.2) is 50.6 Å². The normalized spacial score (nSPS) is 22.9. The van der Waals surface area contributed by atoms with Crippen molar-refractivity contribution in [1.82, 2.24) is 0 Å². The Labute approximate surface area is 191 Å². The molecule has 0 amide bonds. The van der Waals surface area contributed by atoms with Crippen LogP contribution in [0.3, 0.4) is 0 Å². The Hall–Kier alpha value is 0.501. The minimum atomic E-state index is -1.66. The monoisotopic (exact) mass is 462 g/mol. The largest absolute Gasteiger partial charge is 1.00 e. The summed E-state index contributed by atoms with van der Waals surface area (Å²) < 4.78 is 1.61. The van der Waals surface area contributed by atoms with Crippen LogP contribution in [0.4, 0.5) is 0 Å². The van der Waals surface area contributed by atoms with Gasteiger partial charge in [-0.15, -0.1) is 0 Å². The molecule has 1 saturated carbocycles. The standard InChI is InChI=1S/C21H29Si.3ClH.Ti/c1-16-15-17(2)21(18(16)3)22(4,19-11-7-5-8-12-19)20-13-9-6-10-14-20;;;;/h5,7-8,11-12,17,20H,6,9-10,13-14H2,1-4H3;3*1H;/q;;;;+3/p-3. The van der Waals surface area contributed by atoms with Crippen LogP contribution in [0.5, 0.6) is 0 Å². The van der Waals surface area contributed by atoms with Crippen molar-refractivity contribution in [3.63, 3.8) is 0 Å². The van der Waals surface area contributed by atoms with E-state index in [2.05, 4.69) is 78.1 Å². The predicted molar refractivity (Wildman–Crippen MR) is 99.1 cm³/mol. The van der Waals surface area contributed by atoms with Gasteiger partial charge in [0.15, 0.2) is 0 Å². The topological polar surface area (TPSA) is 0 Å². The summed E-state index contributed by atoms with van der Waals surface area (Å²) in [6.07, 6.45) is 7.20. The van der Waals surface area contributed by atoms with Crippen molar-refractivity contribution in [3.05, 3.63) is 50.6 Å². The Balaban J connectivity index is 0.00000208. The van der Waals surface area contributed by atoms with Gasteiger partial charge in [0.25, 0.3) is 0 Å². The molecule has 0 heterocycles. The minimum Gasteiger partial charge on any atom is -1.00 e. The molecule has 0 spiro atoms. The molecule has 2 unspecified atom stereocenters. The quantitative estimate of drug-likeness (QED) is 0.411. The van der Waals surface area contributed by atoms with E-state index in [0.29, 0.717) is 5.92 Å². The Morgan fingerprint density at radius 2 is 1.42 bits per heavy atom. The maximum atomic E-state index is 2.68. The molecule has 142 valence electrons. The molecule has 2 aliphatic carbocycles. The smallest absolute Gasteiger partial charge is 1.00 e. The third-order valence-corrected chi connectivity index (χ3v) is 13.5. The van der Waals surface area contributed by atoms with Crippen molar-refractivity contribution in [2.45, 2.75) is 65.0 Å². The summed E-state index contributed by atoms with van der Waals surface area (Å²) in [6, 6.07) is 11.5. The van der Waals surface area contributed by atoms with Gasteiger partial charge < -0.3 is 37.2 Å². The molecule has 3 rings (SSSR count). The zero-order valence-corrected chi connectivity index (χ0v) is 21.0. The second-order valence-electron chi connectivity index (χ2n) is 7.70. The van der Waals surface area contributed by atoms with E-state index < -0.39 is 8.07 Å². The van der Waals surface area contributed by atoms with Crippen LogP contribution >= 0.6 is 0 Å². The Morgan fingerprint density at radius 1 is 0.885 bits per heavy atom. The maximum Gasteiger partial charge on any atom is -1.00 e. The van der Waals surface area contributed by atoms with Gasteiger partial charge >= 0.3 is 155 Å². The Bertz CT molecular complexity index is 650. The molecule has 1 aromatic carbocycles. The first-order valence-corrected chi connectivity index (χ1v) is 12.5. The van der Waals surface area contributed by atoms with Crippen molar-refractivity contribution in [1.29, 1.82) is 0 Å². The number of halogens is 3. The van der Waals surface area contributed by atoms with E-state index in [0.717, 1.165) is 5.54 Å².